The quantitative estimate of drug-likeness (QED) is 0.647. The summed E-state index contributed by atoms with van der Waals surface area (Å²) in [6.07, 6.45) is 0.901. The van der Waals surface area contributed by atoms with Gasteiger partial charge in [0, 0.05) is 5.69 Å². The van der Waals surface area contributed by atoms with E-state index in [1.54, 1.807) is 12.1 Å². The molecular weight excluding hydrogens is 370 g/mol. The number of hydrogen-bond donors (Lipinski definition) is 1. The Morgan fingerprint density at radius 3 is 2.48 bits per heavy atom. The highest BCUT2D eigenvalue weighted by Gasteiger charge is 2.21. The van der Waals surface area contributed by atoms with Crippen LogP contribution in [0.15, 0.2) is 71.3 Å². The van der Waals surface area contributed by atoms with E-state index in [-0.39, 0.29) is 23.7 Å². The molecule has 1 N–H and O–H groups in total. The molecule has 1 aromatic heterocycles. The minimum atomic E-state index is -1.14. The number of anilines is 1. The van der Waals surface area contributed by atoms with Crippen molar-refractivity contribution in [3.63, 3.8) is 0 Å². The summed E-state index contributed by atoms with van der Waals surface area (Å²) in [6.45, 7) is 0.221. The molecule has 27 heavy (non-hydrogen) atoms. The molecule has 1 heterocycles. The van der Waals surface area contributed by atoms with Gasteiger partial charge in [0.25, 0.3) is 0 Å². The van der Waals surface area contributed by atoms with E-state index in [2.05, 4.69) is 0 Å². The first kappa shape index (κ1) is 18.5. The summed E-state index contributed by atoms with van der Waals surface area (Å²) < 4.78 is 10.7. The third-order valence-corrected chi connectivity index (χ3v) is 4.13. The van der Waals surface area contributed by atoms with Crippen molar-refractivity contribution in [2.75, 3.05) is 4.90 Å². The van der Waals surface area contributed by atoms with E-state index in [0.29, 0.717) is 11.4 Å². The van der Waals surface area contributed by atoms with Gasteiger partial charge >= 0.3 is 12.1 Å². The van der Waals surface area contributed by atoms with E-state index in [4.69, 9.17) is 25.9 Å². The molecule has 3 rings (SSSR count). The smallest absolute Gasteiger partial charge is 0.415 e. The molecule has 0 saturated carbocycles. The summed E-state index contributed by atoms with van der Waals surface area (Å²) in [5.74, 6) is -0.596. The maximum Gasteiger partial charge on any atom is 0.415 e. The second-order valence-corrected chi connectivity index (χ2v) is 6.08. The monoisotopic (exact) mass is 385 g/mol. The molecule has 0 aliphatic carbocycles. The van der Waals surface area contributed by atoms with Gasteiger partial charge in [0.05, 0.1) is 23.4 Å². The number of hydrogen-bond acceptors (Lipinski definition) is 4. The van der Waals surface area contributed by atoms with E-state index in [0.717, 1.165) is 5.56 Å². The SMILES string of the molecule is O=C(O)c1ccc(N(Cc2ccco2)C(=O)OCc2ccccc2)cc1Cl. The lowest BCUT2D eigenvalue weighted by Gasteiger charge is -2.22. The molecule has 3 aromatic rings. The van der Waals surface area contributed by atoms with Gasteiger partial charge in [0.15, 0.2) is 0 Å². The number of carbonyl (C=O) groups excluding carboxylic acids is 1. The summed E-state index contributed by atoms with van der Waals surface area (Å²) in [5.41, 5.74) is 1.21. The molecular formula is C20H16ClNO5. The number of carboxylic acids is 1. The molecule has 0 bridgehead atoms. The Morgan fingerprint density at radius 2 is 1.85 bits per heavy atom. The van der Waals surface area contributed by atoms with Crippen molar-refractivity contribution in [1.29, 1.82) is 0 Å². The number of ether oxygens (including phenoxy) is 1. The van der Waals surface area contributed by atoms with Gasteiger partial charge in [0.2, 0.25) is 0 Å². The molecule has 0 atom stereocenters. The average molecular weight is 386 g/mol. The Labute approximate surface area is 160 Å². The minimum absolute atomic E-state index is 0.0281. The first-order chi connectivity index (χ1) is 13.0. The van der Waals surface area contributed by atoms with Crippen molar-refractivity contribution in [1.82, 2.24) is 0 Å². The minimum Gasteiger partial charge on any atom is -0.478 e. The fraction of sp³-hybridized carbons (Fsp3) is 0.100. The third-order valence-electron chi connectivity index (χ3n) is 3.81. The molecule has 0 fully saturated rings. The van der Waals surface area contributed by atoms with Gasteiger partial charge in [-0.05, 0) is 35.9 Å². The number of furan rings is 1. The van der Waals surface area contributed by atoms with Crippen LogP contribution in [0.1, 0.15) is 21.7 Å². The van der Waals surface area contributed by atoms with Crippen molar-refractivity contribution in [3.8, 4) is 0 Å². The zero-order chi connectivity index (χ0) is 19.2. The molecule has 1 amide bonds. The maximum atomic E-state index is 12.7. The van der Waals surface area contributed by atoms with Gasteiger partial charge < -0.3 is 14.3 Å². The number of rotatable bonds is 6. The van der Waals surface area contributed by atoms with Crippen molar-refractivity contribution in [2.45, 2.75) is 13.2 Å². The van der Waals surface area contributed by atoms with Crippen LogP contribution in [0.25, 0.3) is 0 Å². The van der Waals surface area contributed by atoms with Crippen LogP contribution in [0.5, 0.6) is 0 Å². The highest BCUT2D eigenvalue weighted by molar-refractivity contribution is 6.33. The fourth-order valence-corrected chi connectivity index (χ4v) is 2.72. The van der Waals surface area contributed by atoms with Crippen LogP contribution in [-0.2, 0) is 17.9 Å². The Bertz CT molecular complexity index is 925. The van der Waals surface area contributed by atoms with Crippen LogP contribution in [0.3, 0.4) is 0 Å². The molecule has 6 nitrogen and oxygen atoms in total. The molecule has 138 valence electrons. The fourth-order valence-electron chi connectivity index (χ4n) is 2.46. The summed E-state index contributed by atoms with van der Waals surface area (Å²) in [4.78, 5) is 25.2. The van der Waals surface area contributed by atoms with Gasteiger partial charge in [-0.15, -0.1) is 0 Å². The Hall–Kier alpha value is -3.25. The van der Waals surface area contributed by atoms with Crippen molar-refractivity contribution >= 4 is 29.4 Å². The van der Waals surface area contributed by atoms with E-state index in [1.807, 2.05) is 30.3 Å². The average Bonchev–Trinajstić information content (AvgIpc) is 3.18. The van der Waals surface area contributed by atoms with Crippen LogP contribution in [0.2, 0.25) is 5.02 Å². The van der Waals surface area contributed by atoms with E-state index in [1.165, 1.54) is 29.4 Å². The highest BCUT2D eigenvalue weighted by atomic mass is 35.5. The number of halogens is 1. The van der Waals surface area contributed by atoms with Crippen molar-refractivity contribution in [3.05, 3.63) is 88.8 Å². The Morgan fingerprint density at radius 1 is 1.07 bits per heavy atom. The van der Waals surface area contributed by atoms with E-state index >= 15 is 0 Å². The number of aromatic carboxylic acids is 1. The largest absolute Gasteiger partial charge is 0.478 e. The second kappa shape index (κ2) is 8.42. The van der Waals surface area contributed by atoms with Crippen molar-refractivity contribution in [2.24, 2.45) is 0 Å². The van der Waals surface area contributed by atoms with Crippen LogP contribution in [-0.4, -0.2) is 17.2 Å². The van der Waals surface area contributed by atoms with Crippen LogP contribution >= 0.6 is 11.6 Å². The van der Waals surface area contributed by atoms with Gasteiger partial charge in [-0.25, -0.2) is 9.59 Å². The normalized spacial score (nSPS) is 10.4. The van der Waals surface area contributed by atoms with Gasteiger partial charge in [-0.2, -0.15) is 0 Å². The molecule has 0 aliphatic heterocycles. The number of carboxylic acid groups (broad SMARTS) is 1. The zero-order valence-electron chi connectivity index (χ0n) is 14.2. The lowest BCUT2D eigenvalue weighted by atomic mass is 10.2. The van der Waals surface area contributed by atoms with Gasteiger partial charge in [-0.1, -0.05) is 41.9 Å². The van der Waals surface area contributed by atoms with Crippen LogP contribution in [0.4, 0.5) is 10.5 Å². The summed E-state index contributed by atoms with van der Waals surface area (Å²) >= 11 is 6.04. The number of amides is 1. The summed E-state index contributed by atoms with van der Waals surface area (Å²) in [6, 6.07) is 17.0. The number of nitrogens with zero attached hydrogens (tertiary/aromatic N) is 1. The number of carbonyl (C=O) groups is 2. The molecule has 0 spiro atoms. The predicted molar refractivity (Wildman–Crippen MR) is 99.9 cm³/mol. The van der Waals surface area contributed by atoms with Crippen LogP contribution in [0, 0.1) is 0 Å². The zero-order valence-corrected chi connectivity index (χ0v) is 14.9. The van der Waals surface area contributed by atoms with Crippen LogP contribution < -0.4 is 4.90 Å². The van der Waals surface area contributed by atoms with Crippen molar-refractivity contribution < 1.29 is 23.8 Å². The van der Waals surface area contributed by atoms with E-state index < -0.39 is 12.1 Å². The number of benzene rings is 2. The predicted octanol–water partition coefficient (Wildman–Crippen LogP) is 4.97. The van der Waals surface area contributed by atoms with Gasteiger partial charge in [0.1, 0.15) is 12.4 Å². The first-order valence-corrected chi connectivity index (χ1v) is 8.46. The van der Waals surface area contributed by atoms with E-state index in [9.17, 15) is 9.59 Å². The second-order valence-electron chi connectivity index (χ2n) is 5.67. The molecule has 0 aliphatic rings. The Balaban J connectivity index is 1.83. The van der Waals surface area contributed by atoms with Gasteiger partial charge in [-0.3, -0.25) is 4.90 Å². The lowest BCUT2D eigenvalue weighted by Crippen LogP contribution is -2.31. The summed E-state index contributed by atoms with van der Waals surface area (Å²) in [7, 11) is 0. The topological polar surface area (TPSA) is 80.0 Å². The molecule has 0 saturated heterocycles. The third kappa shape index (κ3) is 4.68. The standard InChI is InChI=1S/C20H16ClNO5/c21-18-11-15(8-9-17(18)19(23)24)22(12-16-7-4-10-26-16)20(25)27-13-14-5-2-1-3-6-14/h1-11H,12-13H2,(H,23,24). The Kier molecular flexibility index (Phi) is 5.78. The molecule has 7 heteroatoms. The molecule has 2 aromatic carbocycles. The lowest BCUT2D eigenvalue weighted by molar-refractivity contribution is 0.0697. The molecule has 0 radical (unpaired) electrons. The highest BCUT2D eigenvalue weighted by Crippen LogP contribution is 2.26. The summed E-state index contributed by atoms with van der Waals surface area (Å²) in [5, 5.41) is 9.15. The molecule has 0 unspecified atom stereocenters. The maximum absolute atomic E-state index is 12.7. The first-order valence-electron chi connectivity index (χ1n) is 8.08.